The van der Waals surface area contributed by atoms with Crippen molar-refractivity contribution in [3.8, 4) is 6.07 Å². The van der Waals surface area contributed by atoms with E-state index in [0.29, 0.717) is 12.8 Å². The van der Waals surface area contributed by atoms with Crippen LogP contribution in [0.5, 0.6) is 0 Å². The van der Waals surface area contributed by atoms with Gasteiger partial charge in [-0.05, 0) is 12.1 Å². The first-order chi connectivity index (χ1) is 6.18. The molecule has 1 aromatic heterocycles. The van der Waals surface area contributed by atoms with Gasteiger partial charge in [-0.2, -0.15) is 5.26 Å². The van der Waals surface area contributed by atoms with Gasteiger partial charge in [0.1, 0.15) is 11.2 Å². The van der Waals surface area contributed by atoms with Gasteiger partial charge in [0.25, 0.3) is 0 Å². The van der Waals surface area contributed by atoms with Gasteiger partial charge in [0.2, 0.25) is 0 Å². The van der Waals surface area contributed by atoms with Gasteiger partial charge in [-0.1, -0.05) is 0 Å². The molecular weight excluding hydrogens is 164 g/mol. The highest BCUT2D eigenvalue weighted by Crippen LogP contribution is 2.40. The molecule has 3 nitrogen and oxygen atoms in total. The molecule has 0 atom stereocenters. The number of ketones is 1. The highest BCUT2D eigenvalue weighted by Gasteiger charge is 2.46. The molecule has 66 valence electrons. The second kappa shape index (κ2) is 2.46. The first-order valence-electron chi connectivity index (χ1n) is 4.23. The summed E-state index contributed by atoms with van der Waals surface area (Å²) in [4.78, 5) is 10.9. The van der Waals surface area contributed by atoms with E-state index in [1.54, 1.807) is 0 Å². The number of carbonyl (C=O) groups is 1. The fraction of sp³-hybridized carbons (Fsp3) is 0.400. The van der Waals surface area contributed by atoms with Crippen LogP contribution in [0.25, 0.3) is 0 Å². The molecule has 1 aromatic rings. The van der Waals surface area contributed by atoms with Crippen molar-refractivity contribution in [1.29, 1.82) is 5.26 Å². The summed E-state index contributed by atoms with van der Waals surface area (Å²) in [5.74, 6) is 0.183. The van der Waals surface area contributed by atoms with Crippen LogP contribution in [0.4, 0.5) is 0 Å². The van der Waals surface area contributed by atoms with E-state index in [1.165, 1.54) is 0 Å². The molecule has 13 heavy (non-hydrogen) atoms. The SMILES string of the molecule is Cn1cccc1C1(C#N)CC(=O)C1. The molecule has 0 spiro atoms. The molecule has 0 N–H and O–H groups in total. The van der Waals surface area contributed by atoms with E-state index < -0.39 is 5.41 Å². The van der Waals surface area contributed by atoms with Crippen molar-refractivity contribution >= 4 is 5.78 Å². The molecule has 0 bridgehead atoms. The Morgan fingerprint density at radius 1 is 1.62 bits per heavy atom. The van der Waals surface area contributed by atoms with Crippen LogP contribution in [-0.2, 0) is 17.3 Å². The van der Waals surface area contributed by atoms with E-state index in [1.807, 2.05) is 29.9 Å². The number of aromatic nitrogens is 1. The minimum Gasteiger partial charge on any atom is -0.353 e. The minimum absolute atomic E-state index is 0.183. The van der Waals surface area contributed by atoms with Crippen LogP contribution in [0.3, 0.4) is 0 Å². The minimum atomic E-state index is -0.532. The zero-order valence-electron chi connectivity index (χ0n) is 7.45. The Balaban J connectivity index is 2.41. The van der Waals surface area contributed by atoms with Crippen LogP contribution in [0.2, 0.25) is 0 Å². The van der Waals surface area contributed by atoms with E-state index in [0.717, 1.165) is 5.69 Å². The standard InChI is InChI=1S/C10H10N2O/c1-12-4-2-3-9(12)10(7-11)5-8(13)6-10/h2-4H,5-6H2,1H3. The molecule has 1 aliphatic carbocycles. The fourth-order valence-electron chi connectivity index (χ4n) is 1.90. The maximum atomic E-state index is 10.9. The lowest BCUT2D eigenvalue weighted by atomic mass is 9.67. The summed E-state index contributed by atoms with van der Waals surface area (Å²) in [5, 5.41) is 9.04. The van der Waals surface area contributed by atoms with Crippen LogP contribution in [0.1, 0.15) is 18.5 Å². The van der Waals surface area contributed by atoms with E-state index in [2.05, 4.69) is 6.07 Å². The summed E-state index contributed by atoms with van der Waals surface area (Å²) in [6, 6.07) is 6.06. The summed E-state index contributed by atoms with van der Waals surface area (Å²) in [6.07, 6.45) is 2.65. The molecule has 0 saturated heterocycles. The van der Waals surface area contributed by atoms with E-state index in [9.17, 15) is 4.79 Å². The number of hydrogen-bond donors (Lipinski definition) is 0. The van der Waals surface area contributed by atoms with Crippen LogP contribution in [0, 0.1) is 11.3 Å². The number of aryl methyl sites for hydroxylation is 1. The van der Waals surface area contributed by atoms with Crippen LogP contribution in [-0.4, -0.2) is 10.4 Å². The molecule has 0 amide bonds. The average molecular weight is 174 g/mol. The van der Waals surface area contributed by atoms with Gasteiger partial charge in [0.05, 0.1) is 6.07 Å². The van der Waals surface area contributed by atoms with Crippen molar-refractivity contribution in [2.24, 2.45) is 7.05 Å². The zero-order valence-corrected chi connectivity index (χ0v) is 7.45. The van der Waals surface area contributed by atoms with Gasteiger partial charge in [0.15, 0.2) is 0 Å². The molecule has 0 radical (unpaired) electrons. The van der Waals surface area contributed by atoms with Gasteiger partial charge in [-0.15, -0.1) is 0 Å². The lowest BCUT2D eigenvalue weighted by Gasteiger charge is -2.33. The Morgan fingerprint density at radius 2 is 2.31 bits per heavy atom. The van der Waals surface area contributed by atoms with Crippen molar-refractivity contribution in [1.82, 2.24) is 4.57 Å². The molecule has 1 aliphatic rings. The molecular formula is C10H10N2O. The van der Waals surface area contributed by atoms with Crippen molar-refractivity contribution < 1.29 is 4.79 Å². The van der Waals surface area contributed by atoms with E-state index in [4.69, 9.17) is 5.26 Å². The highest BCUT2D eigenvalue weighted by atomic mass is 16.1. The Morgan fingerprint density at radius 3 is 2.69 bits per heavy atom. The van der Waals surface area contributed by atoms with Gasteiger partial charge in [-0.25, -0.2) is 0 Å². The van der Waals surface area contributed by atoms with Gasteiger partial charge in [0, 0.05) is 31.8 Å². The van der Waals surface area contributed by atoms with E-state index in [-0.39, 0.29) is 5.78 Å². The largest absolute Gasteiger partial charge is 0.353 e. The van der Waals surface area contributed by atoms with Crippen molar-refractivity contribution in [2.45, 2.75) is 18.3 Å². The molecule has 2 rings (SSSR count). The molecule has 0 unspecified atom stereocenters. The average Bonchev–Trinajstić information content (AvgIpc) is 2.46. The fourth-order valence-corrected chi connectivity index (χ4v) is 1.90. The van der Waals surface area contributed by atoms with Crippen LogP contribution < -0.4 is 0 Å². The van der Waals surface area contributed by atoms with Crippen LogP contribution in [0.15, 0.2) is 18.3 Å². The predicted molar refractivity (Wildman–Crippen MR) is 46.9 cm³/mol. The Bertz CT molecular complexity index is 389. The van der Waals surface area contributed by atoms with Gasteiger partial charge < -0.3 is 4.57 Å². The van der Waals surface area contributed by atoms with Crippen molar-refractivity contribution in [2.75, 3.05) is 0 Å². The number of carbonyl (C=O) groups excluding carboxylic acids is 1. The normalized spacial score (nSPS) is 19.2. The second-order valence-electron chi connectivity index (χ2n) is 3.59. The third-order valence-electron chi connectivity index (χ3n) is 2.65. The lowest BCUT2D eigenvalue weighted by Crippen LogP contribution is -2.41. The second-order valence-corrected chi connectivity index (χ2v) is 3.59. The predicted octanol–water partition coefficient (Wildman–Crippen LogP) is 1.15. The molecule has 0 aliphatic heterocycles. The number of Topliss-reactive ketones (excluding diaryl/α,β-unsaturated/α-hetero) is 1. The molecule has 1 fully saturated rings. The first kappa shape index (κ1) is 8.06. The quantitative estimate of drug-likeness (QED) is 0.641. The van der Waals surface area contributed by atoms with Crippen molar-refractivity contribution in [3.05, 3.63) is 24.0 Å². The summed E-state index contributed by atoms with van der Waals surface area (Å²) in [6.45, 7) is 0. The third-order valence-corrected chi connectivity index (χ3v) is 2.65. The zero-order chi connectivity index (χ0) is 9.47. The monoisotopic (exact) mass is 174 g/mol. The number of nitrogens with zero attached hydrogens (tertiary/aromatic N) is 2. The molecule has 1 saturated carbocycles. The van der Waals surface area contributed by atoms with Crippen LogP contribution >= 0.6 is 0 Å². The summed E-state index contributed by atoms with van der Waals surface area (Å²) in [7, 11) is 1.90. The number of nitriles is 1. The summed E-state index contributed by atoms with van der Waals surface area (Å²) >= 11 is 0. The maximum Gasteiger partial charge on any atom is 0.136 e. The maximum absolute atomic E-state index is 10.9. The first-order valence-corrected chi connectivity index (χ1v) is 4.23. The smallest absolute Gasteiger partial charge is 0.136 e. The van der Waals surface area contributed by atoms with E-state index >= 15 is 0 Å². The molecule has 1 heterocycles. The summed E-state index contributed by atoms with van der Waals surface area (Å²) in [5.41, 5.74) is 0.421. The van der Waals surface area contributed by atoms with Gasteiger partial charge in [-0.3, -0.25) is 4.79 Å². The third kappa shape index (κ3) is 0.988. The molecule has 3 heteroatoms. The summed E-state index contributed by atoms with van der Waals surface area (Å²) < 4.78 is 1.91. The van der Waals surface area contributed by atoms with Gasteiger partial charge >= 0.3 is 0 Å². The Hall–Kier alpha value is -1.56. The highest BCUT2D eigenvalue weighted by molar-refractivity contribution is 5.89. The number of rotatable bonds is 1. The number of hydrogen-bond acceptors (Lipinski definition) is 2. The Labute approximate surface area is 76.6 Å². The van der Waals surface area contributed by atoms with Crippen molar-refractivity contribution in [3.63, 3.8) is 0 Å². The Kier molecular flexibility index (Phi) is 1.53. The lowest BCUT2D eigenvalue weighted by molar-refractivity contribution is -0.126. The molecule has 0 aromatic carbocycles. The topological polar surface area (TPSA) is 45.8 Å².